The molecule has 1 N–H and O–H groups in total. The first-order valence-corrected chi connectivity index (χ1v) is 4.62. The third-order valence-electron chi connectivity index (χ3n) is 2.74. The van der Waals surface area contributed by atoms with Gasteiger partial charge in [0, 0.05) is 12.1 Å². The van der Waals surface area contributed by atoms with E-state index in [4.69, 9.17) is 9.84 Å². The zero-order valence-corrected chi connectivity index (χ0v) is 8.25. The van der Waals surface area contributed by atoms with Gasteiger partial charge in [-0.15, -0.1) is 0 Å². The van der Waals surface area contributed by atoms with E-state index in [9.17, 15) is 14.9 Å². The number of carbonyl (C=O) groups is 1. The lowest BCUT2D eigenvalue weighted by molar-refractivity contribution is -0.384. The minimum absolute atomic E-state index is 0.0514. The van der Waals surface area contributed by atoms with Gasteiger partial charge in [0.1, 0.15) is 5.41 Å². The highest BCUT2D eigenvalue weighted by molar-refractivity contribution is 5.83. The van der Waals surface area contributed by atoms with Crippen molar-refractivity contribution < 1.29 is 19.6 Å². The predicted molar refractivity (Wildman–Crippen MR) is 53.2 cm³/mol. The molecule has 1 saturated heterocycles. The van der Waals surface area contributed by atoms with Crippen LogP contribution in [0, 0.1) is 10.1 Å². The number of nitro groups is 1. The molecule has 0 spiro atoms. The van der Waals surface area contributed by atoms with Crippen LogP contribution < -0.4 is 0 Å². The number of hydrogen-bond donors (Lipinski definition) is 1. The van der Waals surface area contributed by atoms with Gasteiger partial charge in [-0.3, -0.25) is 14.9 Å². The number of nitrogens with zero attached hydrogens (tertiary/aromatic N) is 1. The van der Waals surface area contributed by atoms with E-state index in [2.05, 4.69) is 0 Å². The Labute approximate surface area is 90.6 Å². The van der Waals surface area contributed by atoms with Crippen LogP contribution >= 0.6 is 0 Å². The van der Waals surface area contributed by atoms with Crippen molar-refractivity contribution in [2.24, 2.45) is 0 Å². The molecule has 0 radical (unpaired) electrons. The van der Waals surface area contributed by atoms with Crippen molar-refractivity contribution in [2.45, 2.75) is 5.41 Å². The molecule has 0 saturated carbocycles. The zero-order chi connectivity index (χ0) is 11.8. The van der Waals surface area contributed by atoms with Gasteiger partial charge >= 0.3 is 5.97 Å². The summed E-state index contributed by atoms with van der Waals surface area (Å²) >= 11 is 0. The Morgan fingerprint density at radius 1 is 1.38 bits per heavy atom. The molecule has 1 aliphatic heterocycles. The smallest absolute Gasteiger partial charge is 0.318 e. The second kappa shape index (κ2) is 3.57. The first kappa shape index (κ1) is 10.6. The Bertz CT molecular complexity index is 435. The van der Waals surface area contributed by atoms with Gasteiger partial charge in [0.2, 0.25) is 0 Å². The molecule has 1 fully saturated rings. The Kier molecular flexibility index (Phi) is 2.35. The van der Waals surface area contributed by atoms with E-state index in [1.807, 2.05) is 0 Å². The second-order valence-corrected chi connectivity index (χ2v) is 3.68. The van der Waals surface area contributed by atoms with Crippen LogP contribution in [0.4, 0.5) is 5.69 Å². The molecule has 6 heteroatoms. The molecule has 1 heterocycles. The number of carboxylic acids is 1. The van der Waals surface area contributed by atoms with Gasteiger partial charge in [-0.25, -0.2) is 0 Å². The Balaban J connectivity index is 2.34. The largest absolute Gasteiger partial charge is 0.480 e. The topological polar surface area (TPSA) is 89.7 Å². The average molecular weight is 223 g/mol. The summed E-state index contributed by atoms with van der Waals surface area (Å²) in [5.41, 5.74) is -0.545. The Morgan fingerprint density at radius 2 is 1.94 bits per heavy atom. The van der Waals surface area contributed by atoms with E-state index in [1.54, 1.807) is 0 Å². The molecule has 84 valence electrons. The van der Waals surface area contributed by atoms with Crippen LogP contribution in [0.15, 0.2) is 24.3 Å². The van der Waals surface area contributed by atoms with Crippen molar-refractivity contribution in [2.75, 3.05) is 13.2 Å². The first-order valence-electron chi connectivity index (χ1n) is 4.62. The summed E-state index contributed by atoms with van der Waals surface area (Å²) in [6, 6.07) is 5.54. The number of rotatable bonds is 3. The van der Waals surface area contributed by atoms with Gasteiger partial charge in [0.25, 0.3) is 5.69 Å². The molecule has 0 aliphatic carbocycles. The summed E-state index contributed by atoms with van der Waals surface area (Å²) in [5.74, 6) is -0.965. The molecule has 16 heavy (non-hydrogen) atoms. The SMILES string of the molecule is O=C(O)C1(c2ccc([N+](=O)[O-])cc2)COC1. The van der Waals surface area contributed by atoms with Gasteiger partial charge < -0.3 is 9.84 Å². The van der Waals surface area contributed by atoms with Gasteiger partial charge in [-0.1, -0.05) is 12.1 Å². The quantitative estimate of drug-likeness (QED) is 0.608. The molecule has 2 rings (SSSR count). The number of benzene rings is 1. The van der Waals surface area contributed by atoms with Crippen LogP contribution in [0.1, 0.15) is 5.56 Å². The molecular formula is C10H9NO5. The fourth-order valence-corrected chi connectivity index (χ4v) is 1.62. The van der Waals surface area contributed by atoms with Crippen molar-refractivity contribution in [3.63, 3.8) is 0 Å². The van der Waals surface area contributed by atoms with Crippen molar-refractivity contribution in [1.29, 1.82) is 0 Å². The fraction of sp³-hybridized carbons (Fsp3) is 0.300. The maximum atomic E-state index is 11.1. The standard InChI is InChI=1S/C10H9NO5/c12-9(13)10(5-16-6-10)7-1-3-8(4-2-7)11(14)15/h1-4H,5-6H2,(H,12,13). The van der Waals surface area contributed by atoms with Gasteiger partial charge in [0.05, 0.1) is 18.1 Å². The van der Waals surface area contributed by atoms with Crippen LogP contribution in [-0.4, -0.2) is 29.2 Å². The van der Waals surface area contributed by atoms with Gasteiger partial charge in [-0.05, 0) is 5.56 Å². The monoisotopic (exact) mass is 223 g/mol. The number of non-ortho nitro benzene ring substituents is 1. The maximum Gasteiger partial charge on any atom is 0.318 e. The summed E-state index contributed by atoms with van der Waals surface area (Å²) < 4.78 is 4.92. The molecule has 0 amide bonds. The molecule has 0 bridgehead atoms. The summed E-state index contributed by atoms with van der Waals surface area (Å²) in [7, 11) is 0. The molecule has 6 nitrogen and oxygen atoms in total. The highest BCUT2D eigenvalue weighted by Crippen LogP contribution is 2.33. The lowest BCUT2D eigenvalue weighted by Gasteiger charge is -2.37. The van der Waals surface area contributed by atoms with Crippen molar-refractivity contribution in [3.8, 4) is 0 Å². The molecule has 1 aromatic rings. The number of ether oxygens (including phenoxy) is 1. The number of nitro benzene ring substituents is 1. The number of carboxylic acid groups (broad SMARTS) is 1. The van der Waals surface area contributed by atoms with Crippen molar-refractivity contribution in [1.82, 2.24) is 0 Å². The van der Waals surface area contributed by atoms with Crippen LogP contribution in [0.2, 0.25) is 0 Å². The van der Waals surface area contributed by atoms with Crippen LogP contribution in [-0.2, 0) is 14.9 Å². The summed E-state index contributed by atoms with van der Waals surface area (Å²) in [6.45, 7) is 0.223. The highest BCUT2D eigenvalue weighted by Gasteiger charge is 2.47. The summed E-state index contributed by atoms with van der Waals surface area (Å²) in [6.07, 6.45) is 0. The molecule has 0 atom stereocenters. The van der Waals surface area contributed by atoms with E-state index in [-0.39, 0.29) is 18.9 Å². The van der Waals surface area contributed by atoms with Crippen molar-refractivity contribution in [3.05, 3.63) is 39.9 Å². The van der Waals surface area contributed by atoms with E-state index in [0.717, 1.165) is 0 Å². The molecular weight excluding hydrogens is 214 g/mol. The molecule has 1 aromatic carbocycles. The van der Waals surface area contributed by atoms with Crippen LogP contribution in [0.5, 0.6) is 0 Å². The van der Waals surface area contributed by atoms with Crippen molar-refractivity contribution >= 4 is 11.7 Å². The summed E-state index contributed by atoms with van der Waals surface area (Å²) in [5, 5.41) is 19.5. The average Bonchev–Trinajstić information content (AvgIpc) is 2.16. The molecule has 0 unspecified atom stereocenters. The Hall–Kier alpha value is -1.95. The van der Waals surface area contributed by atoms with E-state index in [1.165, 1.54) is 24.3 Å². The number of hydrogen-bond acceptors (Lipinski definition) is 4. The van der Waals surface area contributed by atoms with Crippen LogP contribution in [0.3, 0.4) is 0 Å². The van der Waals surface area contributed by atoms with Gasteiger partial charge in [-0.2, -0.15) is 0 Å². The zero-order valence-electron chi connectivity index (χ0n) is 8.25. The maximum absolute atomic E-state index is 11.1. The minimum Gasteiger partial charge on any atom is -0.480 e. The lowest BCUT2D eigenvalue weighted by Crippen LogP contribution is -2.53. The van der Waals surface area contributed by atoms with Crippen LogP contribution in [0.25, 0.3) is 0 Å². The third-order valence-corrected chi connectivity index (χ3v) is 2.74. The van der Waals surface area contributed by atoms with E-state index in [0.29, 0.717) is 5.56 Å². The minimum atomic E-state index is -1.03. The highest BCUT2D eigenvalue weighted by atomic mass is 16.6. The van der Waals surface area contributed by atoms with E-state index >= 15 is 0 Å². The third kappa shape index (κ3) is 1.43. The lowest BCUT2D eigenvalue weighted by atomic mass is 9.79. The normalized spacial score (nSPS) is 17.5. The molecule has 0 aromatic heterocycles. The Morgan fingerprint density at radius 3 is 2.25 bits per heavy atom. The van der Waals surface area contributed by atoms with E-state index < -0.39 is 16.3 Å². The number of aliphatic carboxylic acids is 1. The van der Waals surface area contributed by atoms with Gasteiger partial charge in [0.15, 0.2) is 0 Å². The first-order chi connectivity index (χ1) is 7.56. The summed E-state index contributed by atoms with van der Waals surface area (Å²) in [4.78, 5) is 21.0. The molecule has 1 aliphatic rings. The second-order valence-electron chi connectivity index (χ2n) is 3.68. The predicted octanol–water partition coefficient (Wildman–Crippen LogP) is 0.947. The fourth-order valence-electron chi connectivity index (χ4n) is 1.62.